The molecule has 1 atom stereocenters. The van der Waals surface area contributed by atoms with Crippen molar-refractivity contribution < 1.29 is 0 Å². The maximum absolute atomic E-state index is 4.63. The standard InChI is InChI=1S/C16H22N4/c1-19-11-8-15(18-19)16-7-3-2-4-10-20(16)13-14-6-5-9-17-12-14/h5-6,8-9,11-12,16H,2-4,7,10,13H2,1H3/t16-/m1/s1. The third kappa shape index (κ3) is 3.07. The predicted octanol–water partition coefficient (Wildman–Crippen LogP) is 2.93. The van der Waals surface area contributed by atoms with Gasteiger partial charge in [0.2, 0.25) is 0 Å². The molecule has 0 spiro atoms. The SMILES string of the molecule is Cn1ccc([C@H]2CCCCCN2Cc2cccnc2)n1. The van der Waals surface area contributed by atoms with Crippen molar-refractivity contribution in [2.75, 3.05) is 6.54 Å². The van der Waals surface area contributed by atoms with Crippen molar-refractivity contribution in [3.63, 3.8) is 0 Å². The second-order valence-electron chi connectivity index (χ2n) is 5.61. The lowest BCUT2D eigenvalue weighted by Gasteiger charge is -2.28. The minimum absolute atomic E-state index is 0.443. The molecule has 1 aliphatic rings. The molecule has 4 nitrogen and oxygen atoms in total. The highest BCUT2D eigenvalue weighted by Crippen LogP contribution is 2.30. The summed E-state index contributed by atoms with van der Waals surface area (Å²) in [6.07, 6.45) is 11.0. The van der Waals surface area contributed by atoms with E-state index in [9.17, 15) is 0 Å². The summed E-state index contributed by atoms with van der Waals surface area (Å²) >= 11 is 0. The van der Waals surface area contributed by atoms with E-state index >= 15 is 0 Å². The minimum atomic E-state index is 0.443. The highest BCUT2D eigenvalue weighted by atomic mass is 15.3. The van der Waals surface area contributed by atoms with Crippen LogP contribution >= 0.6 is 0 Å². The molecule has 2 aromatic heterocycles. The molecule has 1 fully saturated rings. The minimum Gasteiger partial charge on any atom is -0.290 e. The third-order valence-electron chi connectivity index (χ3n) is 4.05. The quantitative estimate of drug-likeness (QED) is 0.860. The fraction of sp³-hybridized carbons (Fsp3) is 0.500. The molecule has 106 valence electrons. The van der Waals surface area contributed by atoms with Crippen molar-refractivity contribution in [3.05, 3.63) is 48.0 Å². The summed E-state index contributed by atoms with van der Waals surface area (Å²) in [5.74, 6) is 0. The molecule has 1 aliphatic heterocycles. The Labute approximate surface area is 120 Å². The summed E-state index contributed by atoms with van der Waals surface area (Å²) in [5.41, 5.74) is 2.49. The molecular formula is C16H22N4. The Balaban J connectivity index is 1.80. The van der Waals surface area contributed by atoms with E-state index in [0.29, 0.717) is 6.04 Å². The Hall–Kier alpha value is -1.68. The first-order valence-corrected chi connectivity index (χ1v) is 7.45. The van der Waals surface area contributed by atoms with Crippen LogP contribution in [-0.4, -0.2) is 26.2 Å². The number of hydrogen-bond acceptors (Lipinski definition) is 3. The van der Waals surface area contributed by atoms with Crippen molar-refractivity contribution in [3.8, 4) is 0 Å². The number of pyridine rings is 1. The maximum Gasteiger partial charge on any atom is 0.0796 e. The summed E-state index contributed by atoms with van der Waals surface area (Å²) in [7, 11) is 1.99. The van der Waals surface area contributed by atoms with Gasteiger partial charge in [-0.3, -0.25) is 14.6 Å². The average Bonchev–Trinajstić information content (AvgIpc) is 2.76. The Morgan fingerprint density at radius 1 is 1.25 bits per heavy atom. The van der Waals surface area contributed by atoms with E-state index in [2.05, 4.69) is 27.1 Å². The lowest BCUT2D eigenvalue weighted by molar-refractivity contribution is 0.188. The lowest BCUT2D eigenvalue weighted by atomic mass is 10.1. The van der Waals surface area contributed by atoms with Gasteiger partial charge >= 0.3 is 0 Å². The van der Waals surface area contributed by atoms with Crippen LogP contribution in [0.4, 0.5) is 0 Å². The van der Waals surface area contributed by atoms with Gasteiger partial charge in [-0.25, -0.2) is 0 Å². The Morgan fingerprint density at radius 3 is 2.95 bits per heavy atom. The molecule has 0 aliphatic carbocycles. The molecule has 0 bridgehead atoms. The van der Waals surface area contributed by atoms with E-state index in [1.807, 2.05) is 36.4 Å². The van der Waals surface area contributed by atoms with E-state index in [0.717, 1.165) is 13.1 Å². The van der Waals surface area contributed by atoms with Crippen LogP contribution in [0, 0.1) is 0 Å². The summed E-state index contributed by atoms with van der Waals surface area (Å²) in [6, 6.07) is 6.78. The van der Waals surface area contributed by atoms with Crippen LogP contribution in [0.5, 0.6) is 0 Å². The highest BCUT2D eigenvalue weighted by molar-refractivity contribution is 5.11. The first kappa shape index (κ1) is 13.3. The summed E-state index contributed by atoms with van der Waals surface area (Å²) in [6.45, 7) is 2.12. The van der Waals surface area contributed by atoms with Crippen LogP contribution in [0.15, 0.2) is 36.8 Å². The van der Waals surface area contributed by atoms with Gasteiger partial charge in [-0.1, -0.05) is 18.9 Å². The molecule has 0 saturated carbocycles. The maximum atomic E-state index is 4.63. The molecular weight excluding hydrogens is 248 g/mol. The number of rotatable bonds is 3. The van der Waals surface area contributed by atoms with Gasteiger partial charge in [0.15, 0.2) is 0 Å². The van der Waals surface area contributed by atoms with E-state index < -0.39 is 0 Å². The Bertz CT molecular complexity index is 534. The smallest absolute Gasteiger partial charge is 0.0796 e. The van der Waals surface area contributed by atoms with Crippen LogP contribution in [0.1, 0.15) is 43.0 Å². The van der Waals surface area contributed by atoms with E-state index in [-0.39, 0.29) is 0 Å². The van der Waals surface area contributed by atoms with Crippen molar-refractivity contribution in [1.82, 2.24) is 19.7 Å². The molecule has 3 rings (SSSR count). The lowest BCUT2D eigenvalue weighted by Crippen LogP contribution is -2.28. The largest absolute Gasteiger partial charge is 0.290 e. The van der Waals surface area contributed by atoms with Crippen LogP contribution in [0.25, 0.3) is 0 Å². The summed E-state index contributed by atoms with van der Waals surface area (Å²) in [4.78, 5) is 6.79. The first-order chi connectivity index (χ1) is 9.83. The molecule has 3 heterocycles. The molecule has 0 N–H and O–H groups in total. The topological polar surface area (TPSA) is 34.0 Å². The monoisotopic (exact) mass is 270 g/mol. The highest BCUT2D eigenvalue weighted by Gasteiger charge is 2.24. The van der Waals surface area contributed by atoms with Crippen LogP contribution in [-0.2, 0) is 13.6 Å². The zero-order valence-electron chi connectivity index (χ0n) is 12.1. The van der Waals surface area contributed by atoms with Gasteiger partial charge in [-0.05, 0) is 37.1 Å². The van der Waals surface area contributed by atoms with E-state index in [4.69, 9.17) is 0 Å². The Morgan fingerprint density at radius 2 is 2.20 bits per heavy atom. The predicted molar refractivity (Wildman–Crippen MR) is 79.1 cm³/mol. The van der Waals surface area contributed by atoms with Gasteiger partial charge in [-0.2, -0.15) is 5.10 Å². The van der Waals surface area contributed by atoms with Gasteiger partial charge in [0.1, 0.15) is 0 Å². The number of aromatic nitrogens is 3. The van der Waals surface area contributed by atoms with Crippen molar-refractivity contribution in [2.24, 2.45) is 7.05 Å². The summed E-state index contributed by atoms with van der Waals surface area (Å²) < 4.78 is 1.91. The zero-order valence-corrected chi connectivity index (χ0v) is 12.1. The van der Waals surface area contributed by atoms with Crippen molar-refractivity contribution in [2.45, 2.75) is 38.3 Å². The van der Waals surface area contributed by atoms with Gasteiger partial charge in [0.05, 0.1) is 11.7 Å². The average molecular weight is 270 g/mol. The van der Waals surface area contributed by atoms with Crippen molar-refractivity contribution >= 4 is 0 Å². The van der Waals surface area contributed by atoms with Crippen LogP contribution in [0.3, 0.4) is 0 Å². The molecule has 2 aromatic rings. The van der Waals surface area contributed by atoms with Crippen LogP contribution in [0.2, 0.25) is 0 Å². The second kappa shape index (κ2) is 6.18. The zero-order chi connectivity index (χ0) is 13.8. The molecule has 1 saturated heterocycles. The molecule has 4 heteroatoms. The van der Waals surface area contributed by atoms with Gasteiger partial charge in [0.25, 0.3) is 0 Å². The van der Waals surface area contributed by atoms with E-state index in [1.54, 1.807) is 0 Å². The fourth-order valence-electron chi connectivity index (χ4n) is 3.03. The van der Waals surface area contributed by atoms with E-state index in [1.165, 1.54) is 36.9 Å². The molecule has 0 aromatic carbocycles. The molecule has 20 heavy (non-hydrogen) atoms. The van der Waals surface area contributed by atoms with Gasteiger partial charge in [0, 0.05) is 32.2 Å². The molecule has 0 amide bonds. The number of aryl methyl sites for hydroxylation is 1. The fourth-order valence-corrected chi connectivity index (χ4v) is 3.03. The number of likely N-dealkylation sites (tertiary alicyclic amines) is 1. The number of hydrogen-bond donors (Lipinski definition) is 0. The Kier molecular flexibility index (Phi) is 4.11. The van der Waals surface area contributed by atoms with Gasteiger partial charge < -0.3 is 0 Å². The summed E-state index contributed by atoms with van der Waals surface area (Å²) in [5, 5.41) is 4.63. The molecule has 0 unspecified atom stereocenters. The van der Waals surface area contributed by atoms with Crippen LogP contribution < -0.4 is 0 Å². The van der Waals surface area contributed by atoms with Gasteiger partial charge in [-0.15, -0.1) is 0 Å². The second-order valence-corrected chi connectivity index (χ2v) is 5.61. The third-order valence-corrected chi connectivity index (χ3v) is 4.05. The number of nitrogens with zero attached hydrogens (tertiary/aromatic N) is 4. The molecule has 0 radical (unpaired) electrons. The first-order valence-electron chi connectivity index (χ1n) is 7.45. The normalized spacial score (nSPS) is 20.8. The van der Waals surface area contributed by atoms with Crippen molar-refractivity contribution in [1.29, 1.82) is 0 Å².